The Morgan fingerprint density at radius 1 is 1.00 bits per heavy atom. The molecule has 3 aromatic rings. The maximum atomic E-state index is 9.45. The van der Waals surface area contributed by atoms with Gasteiger partial charge < -0.3 is 5.73 Å². The Kier molecular flexibility index (Phi) is 3.66. The van der Waals surface area contributed by atoms with Gasteiger partial charge in [-0.05, 0) is 35.9 Å². The lowest BCUT2D eigenvalue weighted by Gasteiger charge is -2.11. The average molecular weight is 403 g/mol. The molecular weight excluding hydrogens is 394 g/mol. The van der Waals surface area contributed by atoms with Crippen LogP contribution in [0, 0.1) is 11.3 Å². The van der Waals surface area contributed by atoms with Crippen molar-refractivity contribution in [2.75, 3.05) is 5.73 Å². The molecule has 3 nitrogen and oxygen atoms in total. The van der Waals surface area contributed by atoms with Crippen molar-refractivity contribution >= 4 is 48.6 Å². The first-order valence-corrected chi connectivity index (χ1v) is 7.73. The Morgan fingerprint density at radius 3 is 2.33 bits per heavy atom. The van der Waals surface area contributed by atoms with Crippen LogP contribution in [0.1, 0.15) is 5.56 Å². The van der Waals surface area contributed by atoms with Gasteiger partial charge in [-0.3, -0.25) is 0 Å². The quantitative estimate of drug-likeness (QED) is 0.630. The van der Waals surface area contributed by atoms with Crippen molar-refractivity contribution < 1.29 is 0 Å². The predicted molar refractivity (Wildman–Crippen MR) is 91.7 cm³/mol. The predicted octanol–water partition coefficient (Wildman–Crippen LogP) is 4.88. The van der Waals surface area contributed by atoms with Crippen molar-refractivity contribution in [2.24, 2.45) is 0 Å². The lowest BCUT2D eigenvalue weighted by atomic mass is 9.96. The van der Waals surface area contributed by atoms with E-state index in [4.69, 9.17) is 5.73 Å². The number of pyridine rings is 1. The molecule has 0 unspecified atom stereocenters. The molecule has 0 saturated heterocycles. The maximum absolute atomic E-state index is 9.45. The molecule has 0 radical (unpaired) electrons. The van der Waals surface area contributed by atoms with Gasteiger partial charge in [-0.15, -0.1) is 0 Å². The van der Waals surface area contributed by atoms with Crippen molar-refractivity contribution in [3.05, 3.63) is 57.0 Å². The summed E-state index contributed by atoms with van der Waals surface area (Å²) in [4.78, 5) is 4.32. The van der Waals surface area contributed by atoms with Gasteiger partial charge in [-0.1, -0.05) is 44.0 Å². The second-order valence-corrected chi connectivity index (χ2v) is 6.36. The highest BCUT2D eigenvalue weighted by Gasteiger charge is 2.15. The van der Waals surface area contributed by atoms with Crippen molar-refractivity contribution in [2.45, 2.75) is 0 Å². The minimum Gasteiger partial charge on any atom is -0.383 e. The Morgan fingerprint density at radius 2 is 1.67 bits per heavy atom. The Balaban J connectivity index is 2.45. The van der Waals surface area contributed by atoms with E-state index in [0.29, 0.717) is 5.56 Å². The number of halogens is 2. The average Bonchev–Trinajstić information content (AvgIpc) is 2.47. The first-order valence-electron chi connectivity index (χ1n) is 6.15. The minimum atomic E-state index is 0.255. The molecule has 2 aromatic carbocycles. The van der Waals surface area contributed by atoms with E-state index in [1.165, 1.54) is 0 Å². The van der Waals surface area contributed by atoms with Gasteiger partial charge in [0.05, 0.1) is 5.52 Å². The van der Waals surface area contributed by atoms with E-state index in [1.54, 1.807) is 0 Å². The maximum Gasteiger partial charge on any atom is 0.142 e. The lowest BCUT2D eigenvalue weighted by molar-refractivity contribution is 1.37. The van der Waals surface area contributed by atoms with Crippen LogP contribution in [0.3, 0.4) is 0 Å². The van der Waals surface area contributed by atoms with Crippen molar-refractivity contribution in [3.63, 3.8) is 0 Å². The number of nitriles is 1. The second kappa shape index (κ2) is 5.47. The Bertz CT molecular complexity index is 881. The molecular formula is C16H9Br2N3. The van der Waals surface area contributed by atoms with E-state index in [1.807, 2.05) is 42.5 Å². The van der Waals surface area contributed by atoms with Crippen LogP contribution in [0.5, 0.6) is 0 Å². The standard InChI is InChI=1S/C16H9Br2N3/c17-10-3-1-9(2-4-10)15-12-7-11(18)5-6-14(12)21-16(20)13(15)8-19/h1-7H,(H2,20,21). The third kappa shape index (κ3) is 2.53. The van der Waals surface area contributed by atoms with Crippen LogP contribution in [0.25, 0.3) is 22.0 Å². The first-order chi connectivity index (χ1) is 10.1. The molecule has 0 bridgehead atoms. The monoisotopic (exact) mass is 401 g/mol. The van der Waals surface area contributed by atoms with Gasteiger partial charge in [-0.25, -0.2) is 4.98 Å². The zero-order valence-electron chi connectivity index (χ0n) is 10.8. The third-order valence-electron chi connectivity index (χ3n) is 3.22. The number of nitrogens with zero attached hydrogens (tertiary/aromatic N) is 2. The van der Waals surface area contributed by atoms with E-state index in [0.717, 1.165) is 31.0 Å². The number of aromatic nitrogens is 1. The largest absolute Gasteiger partial charge is 0.383 e. The second-order valence-electron chi connectivity index (χ2n) is 4.53. The number of anilines is 1. The number of fused-ring (bicyclic) bond motifs is 1. The molecule has 0 amide bonds. The number of nitrogen functional groups attached to an aromatic ring is 1. The Hall–Kier alpha value is -1.90. The van der Waals surface area contributed by atoms with Crippen molar-refractivity contribution in [3.8, 4) is 17.2 Å². The molecule has 0 spiro atoms. The first kappa shape index (κ1) is 14.1. The molecule has 1 heterocycles. The highest BCUT2D eigenvalue weighted by Crippen LogP contribution is 2.35. The topological polar surface area (TPSA) is 62.7 Å². The van der Waals surface area contributed by atoms with Crippen molar-refractivity contribution in [1.82, 2.24) is 4.98 Å². The van der Waals surface area contributed by atoms with E-state index >= 15 is 0 Å². The summed E-state index contributed by atoms with van der Waals surface area (Å²) < 4.78 is 1.92. The van der Waals surface area contributed by atoms with Crippen LogP contribution in [-0.2, 0) is 0 Å². The summed E-state index contributed by atoms with van der Waals surface area (Å²) in [7, 11) is 0. The van der Waals surface area contributed by atoms with Gasteiger partial charge in [-0.2, -0.15) is 5.26 Å². The van der Waals surface area contributed by atoms with Gasteiger partial charge in [0.25, 0.3) is 0 Å². The zero-order valence-corrected chi connectivity index (χ0v) is 13.9. The summed E-state index contributed by atoms with van der Waals surface area (Å²) in [5.74, 6) is 0.255. The third-order valence-corrected chi connectivity index (χ3v) is 4.24. The van der Waals surface area contributed by atoms with E-state index in [9.17, 15) is 5.26 Å². The van der Waals surface area contributed by atoms with E-state index in [2.05, 4.69) is 42.9 Å². The van der Waals surface area contributed by atoms with Gasteiger partial charge >= 0.3 is 0 Å². The summed E-state index contributed by atoms with van der Waals surface area (Å²) in [6, 6.07) is 15.7. The molecule has 0 fully saturated rings. The van der Waals surface area contributed by atoms with Gasteiger partial charge in [0.15, 0.2) is 0 Å². The summed E-state index contributed by atoms with van der Waals surface area (Å²) in [6.45, 7) is 0. The molecule has 1 aromatic heterocycles. The zero-order chi connectivity index (χ0) is 15.0. The van der Waals surface area contributed by atoms with Gasteiger partial charge in [0, 0.05) is 19.9 Å². The van der Waals surface area contributed by atoms with Crippen LogP contribution < -0.4 is 5.73 Å². The molecule has 0 aliphatic heterocycles. The molecule has 5 heteroatoms. The van der Waals surface area contributed by atoms with Crippen LogP contribution in [0.2, 0.25) is 0 Å². The molecule has 0 saturated carbocycles. The number of hydrogen-bond acceptors (Lipinski definition) is 3. The summed E-state index contributed by atoms with van der Waals surface area (Å²) in [5, 5.41) is 10.4. The van der Waals surface area contributed by atoms with E-state index in [-0.39, 0.29) is 5.82 Å². The molecule has 0 aliphatic rings. The van der Waals surface area contributed by atoms with Gasteiger partial charge in [0.2, 0.25) is 0 Å². The molecule has 21 heavy (non-hydrogen) atoms. The molecule has 102 valence electrons. The SMILES string of the molecule is N#Cc1c(N)nc2ccc(Br)cc2c1-c1ccc(Br)cc1. The fourth-order valence-corrected chi connectivity index (χ4v) is 2.91. The summed E-state index contributed by atoms with van der Waals surface area (Å²) >= 11 is 6.89. The van der Waals surface area contributed by atoms with Gasteiger partial charge in [0.1, 0.15) is 17.5 Å². The number of rotatable bonds is 1. The minimum absolute atomic E-state index is 0.255. The summed E-state index contributed by atoms with van der Waals surface area (Å²) in [5.41, 5.74) is 8.88. The molecule has 0 atom stereocenters. The van der Waals surface area contributed by atoms with Crippen LogP contribution in [-0.4, -0.2) is 4.98 Å². The number of nitrogens with two attached hydrogens (primary N) is 1. The highest BCUT2D eigenvalue weighted by molar-refractivity contribution is 9.10. The molecule has 0 aliphatic carbocycles. The highest BCUT2D eigenvalue weighted by atomic mass is 79.9. The Labute approximate surface area is 138 Å². The van der Waals surface area contributed by atoms with E-state index < -0.39 is 0 Å². The number of hydrogen-bond donors (Lipinski definition) is 1. The summed E-state index contributed by atoms with van der Waals surface area (Å²) in [6.07, 6.45) is 0. The van der Waals surface area contributed by atoms with Crippen LogP contribution in [0.4, 0.5) is 5.82 Å². The smallest absolute Gasteiger partial charge is 0.142 e. The molecule has 3 rings (SSSR count). The number of benzene rings is 2. The van der Waals surface area contributed by atoms with Crippen LogP contribution >= 0.6 is 31.9 Å². The molecule has 2 N–H and O–H groups in total. The lowest BCUT2D eigenvalue weighted by Crippen LogP contribution is -1.99. The van der Waals surface area contributed by atoms with Crippen molar-refractivity contribution in [1.29, 1.82) is 5.26 Å². The fourth-order valence-electron chi connectivity index (χ4n) is 2.28. The van der Waals surface area contributed by atoms with Crippen LogP contribution in [0.15, 0.2) is 51.4 Å². The fraction of sp³-hybridized carbons (Fsp3) is 0. The normalized spacial score (nSPS) is 10.5.